The Kier molecular flexibility index (Phi) is 17.4. The Morgan fingerprint density at radius 3 is 2.02 bits per heavy atom. The van der Waals surface area contributed by atoms with Crippen LogP contribution in [-0.2, 0) is 18.4 Å². The molecular weight excluding hydrogens is 585 g/mol. The van der Waals surface area contributed by atoms with Crippen molar-refractivity contribution in [2.45, 2.75) is 117 Å². The molecule has 4 nitrogen and oxygen atoms in total. The quantitative estimate of drug-likeness (QED) is 0.0623. The van der Waals surface area contributed by atoms with E-state index in [1.807, 2.05) is 0 Å². The molecular formula is C41H60O4Si. The molecule has 1 aliphatic carbocycles. The fraction of sp³-hybridized carbons (Fsp3) is 0.537. The Labute approximate surface area is 281 Å². The molecule has 0 aliphatic heterocycles. The first-order chi connectivity index (χ1) is 22.4. The molecule has 2 aromatic carbocycles. The van der Waals surface area contributed by atoms with Gasteiger partial charge in [-0.15, -0.1) is 0 Å². The monoisotopic (exact) mass is 644 g/mol. The van der Waals surface area contributed by atoms with Gasteiger partial charge in [-0.3, -0.25) is 4.79 Å². The predicted molar refractivity (Wildman–Crippen MR) is 196 cm³/mol. The highest BCUT2D eigenvalue weighted by Crippen LogP contribution is 2.37. The van der Waals surface area contributed by atoms with Crippen LogP contribution in [0.5, 0.6) is 0 Å². The van der Waals surface area contributed by atoms with Gasteiger partial charge >= 0.3 is 14.5 Å². The van der Waals surface area contributed by atoms with Gasteiger partial charge in [-0.1, -0.05) is 144 Å². The van der Waals surface area contributed by atoms with Crippen molar-refractivity contribution in [3.05, 3.63) is 97.1 Å². The third-order valence-corrected chi connectivity index (χ3v) is 12.7. The summed E-state index contributed by atoms with van der Waals surface area (Å²) in [6.07, 6.45) is 26.3. The average Bonchev–Trinajstić information content (AvgIpc) is 3.06. The van der Waals surface area contributed by atoms with Crippen LogP contribution in [-0.4, -0.2) is 33.8 Å². The second kappa shape index (κ2) is 21.2. The molecule has 252 valence electrons. The zero-order valence-corrected chi connectivity index (χ0v) is 30.2. The van der Waals surface area contributed by atoms with E-state index in [4.69, 9.17) is 13.6 Å². The van der Waals surface area contributed by atoms with Crippen LogP contribution in [0.1, 0.15) is 105 Å². The number of unbranched alkanes of at least 4 members (excludes halogenated alkanes) is 5. The molecule has 0 N–H and O–H groups in total. The molecule has 1 fully saturated rings. The third-order valence-electron chi connectivity index (χ3n) is 9.20. The Morgan fingerprint density at radius 2 is 1.39 bits per heavy atom. The number of carbonyl (C=O) groups is 1. The lowest BCUT2D eigenvalue weighted by atomic mass is 9.75. The lowest BCUT2D eigenvalue weighted by Gasteiger charge is -2.43. The highest BCUT2D eigenvalue weighted by molar-refractivity contribution is 6.92. The topological polar surface area (TPSA) is 44.8 Å². The third kappa shape index (κ3) is 12.8. The van der Waals surface area contributed by atoms with Gasteiger partial charge < -0.3 is 13.6 Å². The molecule has 0 unspecified atom stereocenters. The largest absolute Gasteiger partial charge is 0.469 e. The predicted octanol–water partition coefficient (Wildman–Crippen LogP) is 9.48. The number of ether oxygens (including phenoxy) is 1. The maximum absolute atomic E-state index is 11.2. The second-order valence-corrected chi connectivity index (χ2v) is 16.2. The van der Waals surface area contributed by atoms with E-state index in [0.717, 1.165) is 38.5 Å². The summed E-state index contributed by atoms with van der Waals surface area (Å²) in [5, 5.41) is 2.35. The zero-order chi connectivity index (χ0) is 33.0. The summed E-state index contributed by atoms with van der Waals surface area (Å²) in [6, 6.07) is 21.4. The smallest absolute Gasteiger partial charge is 0.407 e. The van der Waals surface area contributed by atoms with Crippen molar-refractivity contribution in [2.24, 2.45) is 17.8 Å². The van der Waals surface area contributed by atoms with Gasteiger partial charge in [0.05, 0.1) is 19.3 Å². The minimum Gasteiger partial charge on any atom is -0.469 e. The Bertz CT molecular complexity index is 1150. The van der Waals surface area contributed by atoms with Gasteiger partial charge in [-0.05, 0) is 80.0 Å². The molecule has 1 saturated carbocycles. The molecule has 0 saturated heterocycles. The lowest BCUT2D eigenvalue weighted by Crippen LogP contribution is -2.66. The first kappa shape index (κ1) is 37.7. The molecule has 0 aromatic heterocycles. The van der Waals surface area contributed by atoms with Gasteiger partial charge in [0.15, 0.2) is 0 Å². The van der Waals surface area contributed by atoms with Gasteiger partial charge in [0, 0.05) is 6.42 Å². The first-order valence-electron chi connectivity index (χ1n) is 17.9. The number of esters is 1. The van der Waals surface area contributed by atoms with Crippen molar-refractivity contribution in [1.82, 2.24) is 0 Å². The van der Waals surface area contributed by atoms with Crippen LogP contribution < -0.4 is 10.4 Å². The summed E-state index contributed by atoms with van der Waals surface area (Å²) in [5.74, 6) is 1.67. The highest BCUT2D eigenvalue weighted by atomic mass is 28.4. The standard InChI is InChI=1S/C41H60O4Si/c1-34(2)39-32-31-35(3)33-40(39)45-46(37-26-20-17-21-27-37,38-28-22-18-23-29-38)44-36(4)25-19-15-13-11-9-7-6-8-10-12-14-16-24-30-41(42)43-5/h6-7,11,13,17-23,25-29,34-36,39-40H,8-10,12,14-16,24,30-33H2,1-5H3/b7-6-,13-11-,25-19-/t35-,36+,39+,40-/m0/s1. The van der Waals surface area contributed by atoms with E-state index < -0.39 is 8.56 Å². The molecule has 4 atom stereocenters. The highest BCUT2D eigenvalue weighted by Gasteiger charge is 2.48. The Morgan fingerprint density at radius 1 is 0.804 bits per heavy atom. The van der Waals surface area contributed by atoms with Crippen LogP contribution >= 0.6 is 0 Å². The van der Waals surface area contributed by atoms with Crippen molar-refractivity contribution >= 4 is 24.9 Å². The normalized spacial score (nSPS) is 19.8. The molecule has 0 spiro atoms. The lowest BCUT2D eigenvalue weighted by molar-refractivity contribution is -0.140. The van der Waals surface area contributed by atoms with Crippen LogP contribution in [0.15, 0.2) is 97.1 Å². The van der Waals surface area contributed by atoms with Crippen LogP contribution in [0.25, 0.3) is 0 Å². The molecule has 1 aliphatic rings. The van der Waals surface area contributed by atoms with Crippen LogP contribution in [0, 0.1) is 17.8 Å². The van der Waals surface area contributed by atoms with Crippen LogP contribution in [0.3, 0.4) is 0 Å². The van der Waals surface area contributed by atoms with E-state index in [9.17, 15) is 4.79 Å². The average molecular weight is 645 g/mol. The van der Waals surface area contributed by atoms with Crippen LogP contribution in [0.2, 0.25) is 0 Å². The van der Waals surface area contributed by atoms with E-state index in [-0.39, 0.29) is 18.2 Å². The van der Waals surface area contributed by atoms with E-state index in [0.29, 0.717) is 24.2 Å². The van der Waals surface area contributed by atoms with E-state index in [1.165, 1.54) is 49.6 Å². The van der Waals surface area contributed by atoms with Crippen LogP contribution in [0.4, 0.5) is 0 Å². The van der Waals surface area contributed by atoms with E-state index in [1.54, 1.807) is 0 Å². The number of allylic oxidation sites excluding steroid dienone is 5. The van der Waals surface area contributed by atoms with E-state index in [2.05, 4.69) is 125 Å². The summed E-state index contributed by atoms with van der Waals surface area (Å²) >= 11 is 0. The summed E-state index contributed by atoms with van der Waals surface area (Å²) in [7, 11) is -1.57. The fourth-order valence-electron chi connectivity index (χ4n) is 6.54. The molecule has 0 heterocycles. The van der Waals surface area contributed by atoms with Crippen molar-refractivity contribution in [1.29, 1.82) is 0 Å². The maximum atomic E-state index is 11.2. The van der Waals surface area contributed by atoms with Crippen molar-refractivity contribution < 1.29 is 18.4 Å². The molecule has 3 rings (SSSR count). The summed E-state index contributed by atoms with van der Waals surface area (Å²) in [6.45, 7) is 9.22. The number of hydrogen-bond donors (Lipinski definition) is 0. The second-order valence-electron chi connectivity index (χ2n) is 13.4. The first-order valence-corrected chi connectivity index (χ1v) is 19.7. The molecule has 46 heavy (non-hydrogen) atoms. The molecule has 5 heteroatoms. The maximum Gasteiger partial charge on any atom is 0.407 e. The SMILES string of the molecule is COC(=O)CCCCCCC/C=C\C/C=C\C/C=C\[C@@H](C)O[Si](O[C@H]1C[C@@H](C)CC[C@@H]1C(C)C)(c1ccccc1)c1ccccc1. The Hall–Kier alpha value is -2.73. The van der Waals surface area contributed by atoms with Gasteiger partial charge in [-0.25, -0.2) is 0 Å². The molecule has 0 bridgehead atoms. The van der Waals surface area contributed by atoms with Gasteiger partial charge in [0.2, 0.25) is 0 Å². The van der Waals surface area contributed by atoms with Crippen molar-refractivity contribution in [2.75, 3.05) is 7.11 Å². The Balaban J connectivity index is 1.57. The summed E-state index contributed by atoms with van der Waals surface area (Å²) in [4.78, 5) is 11.2. The fourth-order valence-corrected chi connectivity index (χ4v) is 10.0. The van der Waals surface area contributed by atoms with Gasteiger partial charge in [0.25, 0.3) is 0 Å². The number of carbonyl (C=O) groups excluding carboxylic acids is 1. The van der Waals surface area contributed by atoms with Gasteiger partial charge in [-0.2, -0.15) is 0 Å². The van der Waals surface area contributed by atoms with E-state index >= 15 is 0 Å². The molecule has 2 aromatic rings. The molecule has 0 amide bonds. The summed E-state index contributed by atoms with van der Waals surface area (Å²) < 4.78 is 19.3. The van der Waals surface area contributed by atoms with Crippen molar-refractivity contribution in [3.63, 3.8) is 0 Å². The molecule has 0 radical (unpaired) electrons. The number of hydrogen-bond acceptors (Lipinski definition) is 4. The zero-order valence-electron chi connectivity index (χ0n) is 29.2. The minimum atomic E-state index is -3.03. The summed E-state index contributed by atoms with van der Waals surface area (Å²) in [5.41, 5.74) is 0. The number of rotatable bonds is 20. The van der Waals surface area contributed by atoms with Crippen molar-refractivity contribution in [3.8, 4) is 0 Å². The number of benzene rings is 2. The number of methoxy groups -OCH3 is 1. The minimum absolute atomic E-state index is 0.0839. The van der Waals surface area contributed by atoms with Gasteiger partial charge in [0.1, 0.15) is 0 Å².